The van der Waals surface area contributed by atoms with Crippen molar-refractivity contribution in [2.24, 2.45) is 0 Å². The molecule has 0 saturated carbocycles. The minimum atomic E-state index is -0.0638. The van der Waals surface area contributed by atoms with Crippen LogP contribution in [-0.4, -0.2) is 67.7 Å². The number of nitrogens with zero attached hydrogens (tertiary/aromatic N) is 2. The minimum Gasteiger partial charge on any atom is -0.495 e. The van der Waals surface area contributed by atoms with Crippen molar-refractivity contribution in [3.63, 3.8) is 0 Å². The van der Waals surface area contributed by atoms with Crippen LogP contribution in [-0.2, 0) is 4.79 Å². The summed E-state index contributed by atoms with van der Waals surface area (Å²) in [5, 5.41) is 3.58. The Hall–Kier alpha value is -1.30. The lowest BCUT2D eigenvalue weighted by atomic mass is 10.1. The van der Waals surface area contributed by atoms with Crippen molar-refractivity contribution in [3.8, 4) is 5.75 Å². The number of quaternary nitrogens is 1. The minimum absolute atomic E-state index is 0.0379. The Kier molecular flexibility index (Phi) is 4.30. The van der Waals surface area contributed by atoms with Crippen LogP contribution < -0.4 is 10.1 Å². The molecule has 3 saturated heterocycles. The number of ether oxygens (including phenoxy) is 1. The maximum absolute atomic E-state index is 12.7. The van der Waals surface area contributed by atoms with E-state index in [1.165, 1.54) is 0 Å². The van der Waals surface area contributed by atoms with E-state index in [4.69, 9.17) is 16.3 Å². The van der Waals surface area contributed by atoms with Crippen molar-refractivity contribution in [3.05, 3.63) is 23.2 Å². The average Bonchev–Trinajstić information content (AvgIpc) is 2.56. The first-order valence-electron chi connectivity index (χ1n) is 7.77. The van der Waals surface area contributed by atoms with Crippen molar-refractivity contribution < 1.29 is 14.0 Å². The normalized spacial score (nSPS) is 28.2. The van der Waals surface area contributed by atoms with Gasteiger partial charge in [-0.3, -0.25) is 9.69 Å². The second kappa shape index (κ2) is 6.07. The van der Waals surface area contributed by atoms with E-state index in [2.05, 4.69) is 10.2 Å². The van der Waals surface area contributed by atoms with Gasteiger partial charge >= 0.3 is 0 Å². The molecule has 6 heteroatoms. The number of nitrogens with one attached hydrogen (secondary N) is 1. The summed E-state index contributed by atoms with van der Waals surface area (Å²) >= 11 is 6.03. The molecule has 5 nitrogen and oxygen atoms in total. The molecule has 3 fully saturated rings. The van der Waals surface area contributed by atoms with Crippen molar-refractivity contribution in [1.29, 1.82) is 0 Å². The van der Waals surface area contributed by atoms with Crippen LogP contribution in [0.15, 0.2) is 18.2 Å². The highest BCUT2D eigenvalue weighted by atomic mass is 35.5. The summed E-state index contributed by atoms with van der Waals surface area (Å²) in [5.41, 5.74) is 0.640. The third-order valence-corrected chi connectivity index (χ3v) is 5.44. The number of carbonyl (C=O) groups is 1. The van der Waals surface area contributed by atoms with Crippen LogP contribution in [0.3, 0.4) is 0 Å². The lowest BCUT2D eigenvalue weighted by Crippen LogP contribution is -2.72. The lowest BCUT2D eigenvalue weighted by Gasteiger charge is -2.52. The molecule has 3 heterocycles. The molecule has 1 N–H and O–H groups in total. The van der Waals surface area contributed by atoms with E-state index < -0.39 is 0 Å². The highest BCUT2D eigenvalue weighted by Gasteiger charge is 2.45. The molecular formula is C16H23ClN3O2+. The monoisotopic (exact) mass is 324 g/mol. The first kappa shape index (κ1) is 15.6. The van der Waals surface area contributed by atoms with Crippen LogP contribution in [0.1, 0.15) is 6.92 Å². The van der Waals surface area contributed by atoms with E-state index in [0.717, 1.165) is 43.8 Å². The van der Waals surface area contributed by atoms with E-state index in [-0.39, 0.29) is 11.9 Å². The van der Waals surface area contributed by atoms with Gasteiger partial charge in [-0.15, -0.1) is 0 Å². The molecule has 0 unspecified atom stereocenters. The first-order chi connectivity index (χ1) is 10.5. The van der Waals surface area contributed by atoms with E-state index >= 15 is 0 Å². The van der Waals surface area contributed by atoms with Crippen LogP contribution >= 0.6 is 11.6 Å². The molecule has 1 aromatic rings. The second-order valence-electron chi connectivity index (χ2n) is 6.24. The van der Waals surface area contributed by atoms with Crippen molar-refractivity contribution in [2.75, 3.05) is 51.7 Å². The molecule has 4 rings (SSSR count). The van der Waals surface area contributed by atoms with E-state index in [1.807, 2.05) is 6.92 Å². The number of anilines is 1. The molecular weight excluding hydrogens is 302 g/mol. The first-order valence-corrected chi connectivity index (χ1v) is 8.14. The number of rotatable bonds is 4. The Labute approximate surface area is 136 Å². The number of halogens is 1. The van der Waals surface area contributed by atoms with Gasteiger partial charge in [-0.1, -0.05) is 11.6 Å². The molecule has 0 aromatic heterocycles. The summed E-state index contributed by atoms with van der Waals surface area (Å²) in [4.78, 5) is 15.2. The second-order valence-corrected chi connectivity index (χ2v) is 6.68. The molecule has 1 amide bonds. The third-order valence-electron chi connectivity index (χ3n) is 5.21. The van der Waals surface area contributed by atoms with Gasteiger partial charge < -0.3 is 14.5 Å². The summed E-state index contributed by atoms with van der Waals surface area (Å²) < 4.78 is 6.19. The van der Waals surface area contributed by atoms with Gasteiger partial charge in [0.15, 0.2) is 6.04 Å². The predicted molar refractivity (Wildman–Crippen MR) is 87.4 cm³/mol. The van der Waals surface area contributed by atoms with Gasteiger partial charge in [-0.05, 0) is 25.1 Å². The van der Waals surface area contributed by atoms with Crippen molar-refractivity contribution in [2.45, 2.75) is 13.0 Å². The van der Waals surface area contributed by atoms with E-state index in [1.54, 1.807) is 25.3 Å². The molecule has 0 aliphatic carbocycles. The Bertz CT molecular complexity index is 557. The SMILES string of the molecule is COc1ccc(Cl)cc1NC(=O)[C@H](C)[N+]12CCN(CC1)CC2. The van der Waals surface area contributed by atoms with Crippen LogP contribution in [0.4, 0.5) is 5.69 Å². The number of fused-ring (bicyclic) bond motifs is 3. The fraction of sp³-hybridized carbons (Fsp3) is 0.562. The number of hydrogen-bond donors (Lipinski definition) is 1. The number of benzene rings is 1. The zero-order valence-corrected chi connectivity index (χ0v) is 13.9. The molecule has 0 spiro atoms. The largest absolute Gasteiger partial charge is 0.495 e. The number of amides is 1. The number of methoxy groups -OCH3 is 1. The van der Waals surface area contributed by atoms with E-state index in [9.17, 15) is 4.79 Å². The van der Waals surface area contributed by atoms with Crippen LogP contribution in [0, 0.1) is 0 Å². The molecule has 3 aliphatic rings. The molecule has 2 bridgehead atoms. The van der Waals surface area contributed by atoms with Gasteiger partial charge in [0.1, 0.15) is 5.75 Å². The number of hydrogen-bond acceptors (Lipinski definition) is 3. The molecule has 1 atom stereocenters. The summed E-state index contributed by atoms with van der Waals surface area (Å²) in [6.07, 6.45) is 0. The summed E-state index contributed by atoms with van der Waals surface area (Å²) in [5.74, 6) is 0.671. The van der Waals surface area contributed by atoms with Gasteiger partial charge in [0.2, 0.25) is 0 Å². The Morgan fingerprint density at radius 2 is 1.95 bits per heavy atom. The van der Waals surface area contributed by atoms with Crippen molar-refractivity contribution in [1.82, 2.24) is 4.90 Å². The number of piperazine rings is 3. The lowest BCUT2D eigenvalue weighted by molar-refractivity contribution is -0.953. The fourth-order valence-corrected chi connectivity index (χ4v) is 3.71. The molecule has 120 valence electrons. The van der Waals surface area contributed by atoms with Gasteiger partial charge in [-0.2, -0.15) is 0 Å². The Balaban J connectivity index is 1.75. The Morgan fingerprint density at radius 1 is 1.32 bits per heavy atom. The van der Waals surface area contributed by atoms with Gasteiger partial charge in [0.05, 0.1) is 32.4 Å². The summed E-state index contributed by atoms with van der Waals surface area (Å²) in [6, 6.07) is 5.20. The highest BCUT2D eigenvalue weighted by Crippen LogP contribution is 2.29. The molecule has 1 aromatic carbocycles. The standard InChI is InChI=1S/C16H22ClN3O2/c1-12(20-8-5-19(6-9-20)7-10-20)16(21)18-14-11-13(17)3-4-15(14)22-2/h3-4,11-12H,5-10H2,1-2H3/p+1/t12-/m0/s1. The van der Waals surface area contributed by atoms with Gasteiger partial charge in [-0.25, -0.2) is 0 Å². The van der Waals surface area contributed by atoms with E-state index in [0.29, 0.717) is 16.5 Å². The highest BCUT2D eigenvalue weighted by molar-refractivity contribution is 6.31. The smallest absolute Gasteiger partial charge is 0.282 e. The van der Waals surface area contributed by atoms with Crippen molar-refractivity contribution >= 4 is 23.2 Å². The zero-order chi connectivity index (χ0) is 15.7. The zero-order valence-electron chi connectivity index (χ0n) is 13.1. The quantitative estimate of drug-likeness (QED) is 0.859. The summed E-state index contributed by atoms with van der Waals surface area (Å²) in [7, 11) is 1.59. The third kappa shape index (κ3) is 2.81. The topological polar surface area (TPSA) is 41.6 Å². The van der Waals surface area contributed by atoms with Crippen LogP contribution in [0.5, 0.6) is 5.75 Å². The molecule has 22 heavy (non-hydrogen) atoms. The van der Waals surface area contributed by atoms with Crippen LogP contribution in [0.25, 0.3) is 0 Å². The maximum atomic E-state index is 12.7. The molecule has 0 radical (unpaired) electrons. The summed E-state index contributed by atoms with van der Waals surface area (Å²) in [6.45, 7) is 8.49. The fourth-order valence-electron chi connectivity index (χ4n) is 3.54. The maximum Gasteiger partial charge on any atom is 0.282 e. The van der Waals surface area contributed by atoms with Gasteiger partial charge in [0, 0.05) is 24.7 Å². The predicted octanol–water partition coefficient (Wildman–Crippen LogP) is 1.82. The number of carbonyl (C=O) groups excluding carboxylic acids is 1. The molecule has 3 aliphatic heterocycles. The van der Waals surface area contributed by atoms with Gasteiger partial charge in [0.25, 0.3) is 5.91 Å². The average molecular weight is 325 g/mol. The van der Waals surface area contributed by atoms with Crippen LogP contribution in [0.2, 0.25) is 5.02 Å². The Morgan fingerprint density at radius 3 is 2.55 bits per heavy atom.